The summed E-state index contributed by atoms with van der Waals surface area (Å²) in [6.45, 7) is 1.56. The van der Waals surface area contributed by atoms with E-state index in [2.05, 4.69) is 21.3 Å². The first kappa shape index (κ1) is 25.0. The third-order valence-electron chi connectivity index (χ3n) is 5.03. The first-order chi connectivity index (χ1) is 16.8. The number of hydrogen-bond donors (Lipinski definition) is 3. The summed E-state index contributed by atoms with van der Waals surface area (Å²) < 4.78 is 16.8. The van der Waals surface area contributed by atoms with Crippen LogP contribution in [0.4, 0.5) is 0 Å². The molecule has 0 atom stereocenters. The van der Waals surface area contributed by atoms with Crippen molar-refractivity contribution in [3.63, 3.8) is 0 Å². The lowest BCUT2D eigenvalue weighted by atomic mass is 10.1. The summed E-state index contributed by atoms with van der Waals surface area (Å²) in [5.74, 6) is -1.10. The summed E-state index contributed by atoms with van der Waals surface area (Å²) in [5.41, 5.74) is 4.30. The molecule has 1 aromatic heterocycles. The Hall–Kier alpha value is -4.61. The number of fused-ring (bicyclic) bond motifs is 1. The summed E-state index contributed by atoms with van der Waals surface area (Å²) in [5, 5.41) is 7.22. The molecule has 0 aliphatic carbocycles. The topological polar surface area (TPSA) is 150 Å². The summed E-state index contributed by atoms with van der Waals surface area (Å²) >= 11 is 0. The van der Waals surface area contributed by atoms with Crippen LogP contribution in [0, 0.1) is 0 Å². The minimum absolute atomic E-state index is 0.0243. The molecule has 3 amide bonds. The molecule has 3 aromatic rings. The number of nitrogens with one attached hydrogen (secondary N) is 3. The predicted octanol–water partition coefficient (Wildman–Crippen LogP) is 0.633. The maximum absolute atomic E-state index is 12.7. The molecule has 0 aliphatic rings. The molecule has 0 bridgehead atoms. The summed E-state index contributed by atoms with van der Waals surface area (Å²) in [6, 6.07) is 9.43. The lowest BCUT2D eigenvalue weighted by Crippen LogP contribution is -2.47. The van der Waals surface area contributed by atoms with Crippen molar-refractivity contribution in [3.05, 3.63) is 58.0 Å². The van der Waals surface area contributed by atoms with Crippen molar-refractivity contribution in [3.8, 4) is 17.2 Å². The Morgan fingerprint density at radius 3 is 2.11 bits per heavy atom. The fourth-order valence-electron chi connectivity index (χ4n) is 3.32. The van der Waals surface area contributed by atoms with Gasteiger partial charge in [0.05, 0.1) is 33.3 Å². The molecule has 0 spiro atoms. The zero-order valence-corrected chi connectivity index (χ0v) is 19.6. The van der Waals surface area contributed by atoms with Crippen molar-refractivity contribution >= 4 is 28.5 Å². The van der Waals surface area contributed by atoms with E-state index in [-0.39, 0.29) is 34.9 Å². The highest BCUT2D eigenvalue weighted by Crippen LogP contribution is 2.38. The third kappa shape index (κ3) is 5.32. The largest absolute Gasteiger partial charge is 0.493 e. The van der Waals surface area contributed by atoms with Crippen LogP contribution in [0.5, 0.6) is 17.2 Å². The Morgan fingerprint density at radius 1 is 0.914 bits per heavy atom. The molecule has 0 unspecified atom stereocenters. The maximum atomic E-state index is 12.7. The highest BCUT2D eigenvalue weighted by atomic mass is 16.5. The summed E-state index contributed by atoms with van der Waals surface area (Å²) in [6.07, 6.45) is 0. The Morgan fingerprint density at radius 2 is 1.54 bits per heavy atom. The van der Waals surface area contributed by atoms with Gasteiger partial charge in [-0.15, -0.1) is 0 Å². The Balaban J connectivity index is 1.66. The van der Waals surface area contributed by atoms with E-state index in [1.54, 1.807) is 31.2 Å². The highest BCUT2D eigenvalue weighted by Gasteiger charge is 2.19. The van der Waals surface area contributed by atoms with Crippen molar-refractivity contribution < 1.29 is 28.6 Å². The molecule has 1 heterocycles. The number of hydrogen-bond acceptors (Lipinski definition) is 8. The van der Waals surface area contributed by atoms with Crippen molar-refractivity contribution in [2.75, 3.05) is 27.9 Å². The van der Waals surface area contributed by atoms with Crippen LogP contribution in [-0.4, -0.2) is 55.4 Å². The molecule has 0 fully saturated rings. The molecular formula is C23H25N5O7. The summed E-state index contributed by atoms with van der Waals surface area (Å²) in [7, 11) is 4.27. The first-order valence-electron chi connectivity index (χ1n) is 10.5. The molecule has 12 heteroatoms. The monoisotopic (exact) mass is 483 g/mol. The zero-order chi connectivity index (χ0) is 25.5. The Bertz CT molecular complexity index is 1310. The van der Waals surface area contributed by atoms with Gasteiger partial charge in [-0.2, -0.15) is 5.10 Å². The minimum Gasteiger partial charge on any atom is -0.493 e. The molecule has 3 rings (SSSR count). The van der Waals surface area contributed by atoms with Crippen molar-refractivity contribution in [1.82, 2.24) is 25.9 Å². The number of rotatable bonds is 8. The molecule has 35 heavy (non-hydrogen) atoms. The fraction of sp³-hybridized carbons (Fsp3) is 0.261. The van der Waals surface area contributed by atoms with Gasteiger partial charge < -0.3 is 19.5 Å². The number of benzene rings is 2. The van der Waals surface area contributed by atoms with Crippen LogP contribution in [0.3, 0.4) is 0 Å². The van der Waals surface area contributed by atoms with Crippen LogP contribution in [0.15, 0.2) is 41.2 Å². The lowest BCUT2D eigenvalue weighted by molar-refractivity contribution is -0.120. The standard InChI is InChI=1S/C23H25N5O7/c1-5-28-23(32)15-9-7-6-8-14(15)19(27-28)22(31)26-25-18(29)12-24-21(30)13-10-16(33-2)20(35-4)17(11-13)34-3/h6-11H,5,12H2,1-4H3,(H,24,30)(H,25,29)(H,26,31). The second-order valence-electron chi connectivity index (χ2n) is 7.11. The van der Waals surface area contributed by atoms with Crippen molar-refractivity contribution in [1.29, 1.82) is 0 Å². The molecule has 12 nitrogen and oxygen atoms in total. The van der Waals surface area contributed by atoms with E-state index in [9.17, 15) is 19.2 Å². The number of nitrogens with zero attached hydrogens (tertiary/aromatic N) is 2. The van der Waals surface area contributed by atoms with Gasteiger partial charge in [-0.3, -0.25) is 30.0 Å². The molecule has 184 valence electrons. The van der Waals surface area contributed by atoms with Gasteiger partial charge in [0.2, 0.25) is 5.75 Å². The predicted molar refractivity (Wildman–Crippen MR) is 126 cm³/mol. The molecule has 0 aliphatic heterocycles. The van der Waals surface area contributed by atoms with Crippen molar-refractivity contribution in [2.24, 2.45) is 0 Å². The van der Waals surface area contributed by atoms with Gasteiger partial charge in [0, 0.05) is 17.5 Å². The van der Waals surface area contributed by atoms with Gasteiger partial charge in [-0.05, 0) is 25.1 Å². The average molecular weight is 483 g/mol. The first-order valence-corrected chi connectivity index (χ1v) is 10.5. The van der Waals surface area contributed by atoms with Gasteiger partial charge in [0.25, 0.3) is 23.3 Å². The maximum Gasteiger partial charge on any atom is 0.290 e. The van der Waals surface area contributed by atoms with Gasteiger partial charge >= 0.3 is 0 Å². The van der Waals surface area contributed by atoms with Crippen LogP contribution >= 0.6 is 0 Å². The lowest BCUT2D eigenvalue weighted by Gasteiger charge is -2.14. The van der Waals surface area contributed by atoms with Gasteiger partial charge in [-0.25, -0.2) is 4.68 Å². The van der Waals surface area contributed by atoms with Gasteiger partial charge in [0.1, 0.15) is 0 Å². The van der Waals surface area contributed by atoms with Crippen LogP contribution in [0.25, 0.3) is 10.8 Å². The Labute approximate surface area is 200 Å². The normalized spacial score (nSPS) is 10.4. The van der Waals surface area contributed by atoms with Gasteiger partial charge in [0.15, 0.2) is 17.2 Å². The second-order valence-corrected chi connectivity index (χ2v) is 7.11. The van der Waals surface area contributed by atoms with E-state index < -0.39 is 24.3 Å². The second kappa shape index (κ2) is 11.0. The number of aryl methyl sites for hydroxylation is 1. The van der Waals surface area contributed by atoms with E-state index in [0.717, 1.165) is 4.68 Å². The van der Waals surface area contributed by atoms with E-state index in [4.69, 9.17) is 14.2 Å². The van der Waals surface area contributed by atoms with E-state index in [1.807, 2.05) is 0 Å². The Kier molecular flexibility index (Phi) is 7.87. The quantitative estimate of drug-likeness (QED) is 0.395. The fourth-order valence-corrected chi connectivity index (χ4v) is 3.32. The zero-order valence-electron chi connectivity index (χ0n) is 19.6. The molecular weight excluding hydrogens is 458 g/mol. The SMILES string of the molecule is CCn1nc(C(=O)NNC(=O)CNC(=O)c2cc(OC)c(OC)c(OC)c2)c2ccccc2c1=O. The molecule has 3 N–H and O–H groups in total. The number of aromatic nitrogens is 2. The number of carbonyl (C=O) groups excluding carboxylic acids is 3. The smallest absolute Gasteiger partial charge is 0.290 e. The molecule has 2 aromatic carbocycles. The summed E-state index contributed by atoms with van der Waals surface area (Å²) in [4.78, 5) is 49.8. The van der Waals surface area contributed by atoms with Crippen LogP contribution in [0.2, 0.25) is 0 Å². The molecule has 0 radical (unpaired) electrons. The third-order valence-corrected chi connectivity index (χ3v) is 5.03. The highest BCUT2D eigenvalue weighted by molar-refractivity contribution is 6.05. The number of amides is 3. The van der Waals surface area contributed by atoms with Crippen molar-refractivity contribution in [2.45, 2.75) is 13.5 Å². The number of ether oxygens (including phenoxy) is 3. The molecule has 0 saturated heterocycles. The van der Waals surface area contributed by atoms with E-state index >= 15 is 0 Å². The minimum atomic E-state index is -0.715. The number of carbonyl (C=O) groups is 3. The average Bonchev–Trinajstić information content (AvgIpc) is 2.89. The van der Waals surface area contributed by atoms with E-state index in [1.165, 1.54) is 33.5 Å². The molecule has 0 saturated carbocycles. The van der Waals surface area contributed by atoms with Gasteiger partial charge in [-0.1, -0.05) is 18.2 Å². The van der Waals surface area contributed by atoms with E-state index in [0.29, 0.717) is 16.5 Å². The van der Waals surface area contributed by atoms with Crippen LogP contribution in [0.1, 0.15) is 27.8 Å². The van der Waals surface area contributed by atoms with Crippen LogP contribution in [-0.2, 0) is 11.3 Å². The number of hydrazine groups is 1. The van der Waals surface area contributed by atoms with Crippen LogP contribution < -0.4 is 35.9 Å². The number of methoxy groups -OCH3 is 3.